The van der Waals surface area contributed by atoms with E-state index in [0.717, 1.165) is 12.5 Å². The van der Waals surface area contributed by atoms with Gasteiger partial charge in [0, 0.05) is 19.4 Å². The highest BCUT2D eigenvalue weighted by Crippen LogP contribution is 2.40. The van der Waals surface area contributed by atoms with Gasteiger partial charge in [0.25, 0.3) is 0 Å². The summed E-state index contributed by atoms with van der Waals surface area (Å²) in [6.07, 6.45) is 1.21. The first kappa shape index (κ1) is 21.4. The van der Waals surface area contributed by atoms with Crippen LogP contribution in [0.1, 0.15) is 52.4 Å². The Balaban J connectivity index is 0. The second kappa shape index (κ2) is 11.9. The van der Waals surface area contributed by atoms with Gasteiger partial charge in [-0.05, 0) is 12.8 Å². The topological polar surface area (TPSA) is 49.7 Å². The minimum Gasteiger partial charge on any atom is -0.396 e. The van der Waals surface area contributed by atoms with Crippen LogP contribution in [0.4, 0.5) is 17.6 Å². The molecule has 0 heterocycles. The summed E-state index contributed by atoms with van der Waals surface area (Å²) < 4.78 is 52.1. The first-order chi connectivity index (χ1) is 9.29. The molecule has 0 atom stereocenters. The third kappa shape index (κ3) is 9.92. The van der Waals surface area contributed by atoms with Crippen LogP contribution < -0.4 is 0 Å². The molecule has 0 amide bonds. The Morgan fingerprint density at radius 2 is 1.50 bits per heavy atom. The predicted molar refractivity (Wildman–Crippen MR) is 69.0 cm³/mol. The van der Waals surface area contributed by atoms with Crippen molar-refractivity contribution in [1.82, 2.24) is 0 Å². The number of aliphatic imine (C=N–C) groups is 1. The van der Waals surface area contributed by atoms with Crippen molar-refractivity contribution in [1.29, 1.82) is 0 Å². The number of aliphatic hydroxyl groups excluding tert-OH is 1. The van der Waals surface area contributed by atoms with Gasteiger partial charge < -0.3 is 5.11 Å². The van der Waals surface area contributed by atoms with Gasteiger partial charge in [0.1, 0.15) is 0 Å². The molecule has 0 fully saturated rings. The van der Waals surface area contributed by atoms with Crippen molar-refractivity contribution in [3.8, 4) is 0 Å². The molecule has 0 bridgehead atoms. The molecule has 0 aromatic rings. The van der Waals surface area contributed by atoms with Crippen LogP contribution in [0, 0.1) is 0 Å². The molecule has 0 saturated carbocycles. The number of carbonyl (C=O) groups excluding carboxylic acids is 1. The Morgan fingerprint density at radius 1 is 1.00 bits per heavy atom. The third-order valence-corrected chi connectivity index (χ3v) is 2.46. The lowest BCUT2D eigenvalue weighted by Crippen LogP contribution is -2.40. The van der Waals surface area contributed by atoms with Crippen molar-refractivity contribution in [2.45, 2.75) is 64.2 Å². The van der Waals surface area contributed by atoms with E-state index in [1.54, 1.807) is 6.92 Å². The Bertz CT molecular complexity index is 278. The average molecular weight is 301 g/mol. The SMILES string of the molecule is CCCCCC(F)(F)C(F)(F)CCN=C=O.CCCO. The van der Waals surface area contributed by atoms with Crippen molar-refractivity contribution >= 4 is 6.08 Å². The van der Waals surface area contributed by atoms with Crippen molar-refractivity contribution in [3.63, 3.8) is 0 Å². The molecular weight excluding hydrogens is 278 g/mol. The van der Waals surface area contributed by atoms with E-state index in [4.69, 9.17) is 5.11 Å². The van der Waals surface area contributed by atoms with E-state index in [0.29, 0.717) is 19.4 Å². The van der Waals surface area contributed by atoms with Crippen molar-refractivity contribution < 1.29 is 27.5 Å². The van der Waals surface area contributed by atoms with Gasteiger partial charge in [-0.3, -0.25) is 0 Å². The maximum atomic E-state index is 13.1. The molecule has 0 aromatic carbocycles. The van der Waals surface area contributed by atoms with Gasteiger partial charge in [0.2, 0.25) is 6.08 Å². The van der Waals surface area contributed by atoms with E-state index in [9.17, 15) is 22.4 Å². The largest absolute Gasteiger partial charge is 0.396 e. The summed E-state index contributed by atoms with van der Waals surface area (Å²) in [6, 6.07) is 0. The second-order valence-corrected chi connectivity index (χ2v) is 4.31. The zero-order valence-electron chi connectivity index (χ0n) is 12.0. The molecule has 0 spiro atoms. The van der Waals surface area contributed by atoms with E-state index in [1.807, 2.05) is 6.92 Å². The Labute approximate surface area is 117 Å². The number of unbranched alkanes of at least 4 members (excludes halogenated alkanes) is 2. The van der Waals surface area contributed by atoms with Gasteiger partial charge in [-0.15, -0.1) is 0 Å². The van der Waals surface area contributed by atoms with Gasteiger partial charge in [0.05, 0.1) is 6.54 Å². The molecule has 0 aliphatic carbocycles. The number of hydrogen-bond donors (Lipinski definition) is 1. The smallest absolute Gasteiger partial charge is 0.312 e. The quantitative estimate of drug-likeness (QED) is 0.303. The molecular formula is C13H23F4NO2. The zero-order valence-corrected chi connectivity index (χ0v) is 12.0. The summed E-state index contributed by atoms with van der Waals surface area (Å²) in [4.78, 5) is 12.5. The standard InChI is InChI=1S/C10H15F4NO.C3H8O/c1-2-3-4-5-9(11,12)10(13,14)6-7-15-8-16;1-2-3-4/h2-7H2,1H3;4H,2-3H2,1H3. The van der Waals surface area contributed by atoms with E-state index in [2.05, 4.69) is 4.99 Å². The summed E-state index contributed by atoms with van der Waals surface area (Å²) in [6.45, 7) is 3.43. The highest BCUT2D eigenvalue weighted by molar-refractivity contribution is 5.32. The van der Waals surface area contributed by atoms with Crippen molar-refractivity contribution in [2.75, 3.05) is 13.2 Å². The van der Waals surface area contributed by atoms with E-state index < -0.39 is 31.2 Å². The summed E-state index contributed by atoms with van der Waals surface area (Å²) in [5.74, 6) is -8.14. The Morgan fingerprint density at radius 3 is 1.90 bits per heavy atom. The molecule has 0 aliphatic rings. The molecule has 0 rings (SSSR count). The van der Waals surface area contributed by atoms with Crippen LogP contribution in [-0.4, -0.2) is 36.2 Å². The summed E-state index contributed by atoms with van der Waals surface area (Å²) in [7, 11) is 0. The predicted octanol–water partition coefficient (Wildman–Crippen LogP) is 3.95. The fourth-order valence-electron chi connectivity index (χ4n) is 1.20. The monoisotopic (exact) mass is 301 g/mol. The molecule has 0 aliphatic heterocycles. The molecule has 120 valence electrons. The van der Waals surface area contributed by atoms with Crippen LogP contribution in [0.15, 0.2) is 4.99 Å². The van der Waals surface area contributed by atoms with Crippen molar-refractivity contribution in [3.05, 3.63) is 0 Å². The molecule has 7 heteroatoms. The van der Waals surface area contributed by atoms with Gasteiger partial charge in [-0.1, -0.05) is 26.7 Å². The minimum atomic E-state index is -4.11. The van der Waals surface area contributed by atoms with Crippen LogP contribution in [0.3, 0.4) is 0 Å². The lowest BCUT2D eigenvalue weighted by Gasteiger charge is -2.25. The maximum Gasteiger partial charge on any atom is 0.312 e. The summed E-state index contributed by atoms with van der Waals surface area (Å²) in [5, 5.41) is 7.88. The highest BCUT2D eigenvalue weighted by Gasteiger charge is 2.54. The number of nitrogens with zero attached hydrogens (tertiary/aromatic N) is 1. The van der Waals surface area contributed by atoms with Gasteiger partial charge >= 0.3 is 11.8 Å². The molecule has 0 radical (unpaired) electrons. The molecule has 0 aromatic heterocycles. The fraction of sp³-hybridized carbons (Fsp3) is 0.923. The fourth-order valence-corrected chi connectivity index (χ4v) is 1.20. The lowest BCUT2D eigenvalue weighted by atomic mass is 10.0. The minimum absolute atomic E-state index is 0.0655. The zero-order chi connectivity index (χ0) is 16.1. The van der Waals surface area contributed by atoms with E-state index >= 15 is 0 Å². The summed E-state index contributed by atoms with van der Waals surface area (Å²) in [5.41, 5.74) is 0. The first-order valence-corrected chi connectivity index (χ1v) is 6.69. The summed E-state index contributed by atoms with van der Waals surface area (Å²) >= 11 is 0. The van der Waals surface area contributed by atoms with Crippen LogP contribution >= 0.6 is 0 Å². The third-order valence-electron chi connectivity index (χ3n) is 2.46. The van der Waals surface area contributed by atoms with Gasteiger partial charge in [-0.2, -0.15) is 17.6 Å². The molecule has 1 N–H and O–H groups in total. The van der Waals surface area contributed by atoms with Crippen LogP contribution in [0.25, 0.3) is 0 Å². The molecule has 0 unspecified atom stereocenters. The number of aliphatic hydroxyl groups is 1. The van der Waals surface area contributed by atoms with Gasteiger partial charge in [0.15, 0.2) is 0 Å². The molecule has 0 saturated heterocycles. The number of alkyl halides is 4. The van der Waals surface area contributed by atoms with E-state index in [-0.39, 0.29) is 6.42 Å². The second-order valence-electron chi connectivity index (χ2n) is 4.31. The molecule has 20 heavy (non-hydrogen) atoms. The normalized spacial score (nSPS) is 11.3. The number of hydrogen-bond acceptors (Lipinski definition) is 3. The van der Waals surface area contributed by atoms with Crippen LogP contribution in [-0.2, 0) is 4.79 Å². The first-order valence-electron chi connectivity index (χ1n) is 6.69. The Kier molecular flexibility index (Phi) is 12.7. The Hall–Kier alpha value is -0.940. The van der Waals surface area contributed by atoms with Crippen LogP contribution in [0.5, 0.6) is 0 Å². The number of isocyanates is 1. The number of halogens is 4. The maximum absolute atomic E-state index is 13.1. The van der Waals surface area contributed by atoms with Gasteiger partial charge in [-0.25, -0.2) is 9.79 Å². The highest BCUT2D eigenvalue weighted by atomic mass is 19.3. The number of rotatable bonds is 9. The average Bonchev–Trinajstić information content (AvgIpc) is 2.39. The lowest BCUT2D eigenvalue weighted by molar-refractivity contribution is -0.214. The van der Waals surface area contributed by atoms with E-state index in [1.165, 1.54) is 0 Å². The molecule has 3 nitrogen and oxygen atoms in total. The van der Waals surface area contributed by atoms with Crippen molar-refractivity contribution in [2.24, 2.45) is 4.99 Å². The van der Waals surface area contributed by atoms with Crippen LogP contribution in [0.2, 0.25) is 0 Å².